The van der Waals surface area contributed by atoms with Crippen LogP contribution in [0.2, 0.25) is 0 Å². The van der Waals surface area contributed by atoms with Gasteiger partial charge in [0.1, 0.15) is 5.54 Å². The SMILES string of the molecule is CCC(C)NC1(C(N)=O)CCN(CC)CC1. The predicted octanol–water partition coefficient (Wildman–Crippen LogP) is 0.714. The topological polar surface area (TPSA) is 58.4 Å². The van der Waals surface area contributed by atoms with Gasteiger partial charge in [-0.3, -0.25) is 4.79 Å². The van der Waals surface area contributed by atoms with Crippen LogP contribution in [0.25, 0.3) is 0 Å². The summed E-state index contributed by atoms with van der Waals surface area (Å²) in [6, 6.07) is 0.348. The van der Waals surface area contributed by atoms with Crippen LogP contribution in [0, 0.1) is 0 Å². The third-order valence-electron chi connectivity index (χ3n) is 3.76. The molecule has 0 bridgehead atoms. The van der Waals surface area contributed by atoms with Crippen LogP contribution in [0.1, 0.15) is 40.0 Å². The fraction of sp³-hybridized carbons (Fsp3) is 0.917. The lowest BCUT2D eigenvalue weighted by atomic mass is 9.85. The molecule has 1 aliphatic heterocycles. The number of carbonyl (C=O) groups excluding carboxylic acids is 1. The lowest BCUT2D eigenvalue weighted by molar-refractivity contribution is -0.126. The fourth-order valence-electron chi connectivity index (χ4n) is 2.29. The first kappa shape index (κ1) is 13.5. The molecule has 94 valence electrons. The van der Waals surface area contributed by atoms with Crippen molar-refractivity contribution in [3.05, 3.63) is 0 Å². The number of hydrogen-bond donors (Lipinski definition) is 2. The molecule has 16 heavy (non-hydrogen) atoms. The predicted molar refractivity (Wildman–Crippen MR) is 66.2 cm³/mol. The third kappa shape index (κ3) is 2.95. The monoisotopic (exact) mass is 227 g/mol. The maximum atomic E-state index is 11.7. The molecule has 0 aromatic carbocycles. The van der Waals surface area contributed by atoms with E-state index in [2.05, 4.69) is 31.0 Å². The number of piperidine rings is 1. The van der Waals surface area contributed by atoms with Gasteiger partial charge in [-0.25, -0.2) is 0 Å². The van der Waals surface area contributed by atoms with E-state index in [1.54, 1.807) is 0 Å². The van der Waals surface area contributed by atoms with E-state index in [1.165, 1.54) is 0 Å². The van der Waals surface area contributed by atoms with Crippen molar-refractivity contribution in [1.29, 1.82) is 0 Å². The number of hydrogen-bond acceptors (Lipinski definition) is 3. The minimum atomic E-state index is -0.471. The summed E-state index contributed by atoms with van der Waals surface area (Å²) >= 11 is 0. The van der Waals surface area contributed by atoms with E-state index in [-0.39, 0.29) is 5.91 Å². The van der Waals surface area contributed by atoms with Crippen molar-refractivity contribution in [1.82, 2.24) is 10.2 Å². The van der Waals surface area contributed by atoms with Crippen molar-refractivity contribution >= 4 is 5.91 Å². The molecule has 1 atom stereocenters. The van der Waals surface area contributed by atoms with Gasteiger partial charge in [0.05, 0.1) is 0 Å². The molecule has 3 N–H and O–H groups in total. The molecule has 0 aliphatic carbocycles. The molecule has 1 heterocycles. The normalized spacial score (nSPS) is 22.9. The molecule has 0 aromatic rings. The number of nitrogens with zero attached hydrogens (tertiary/aromatic N) is 1. The molecule has 0 saturated carbocycles. The molecule has 1 saturated heterocycles. The minimum absolute atomic E-state index is 0.191. The van der Waals surface area contributed by atoms with Crippen molar-refractivity contribution in [2.75, 3.05) is 19.6 Å². The Balaban J connectivity index is 2.65. The second-order valence-corrected chi connectivity index (χ2v) is 4.83. The number of primary amides is 1. The van der Waals surface area contributed by atoms with Gasteiger partial charge >= 0.3 is 0 Å². The van der Waals surface area contributed by atoms with Gasteiger partial charge in [-0.05, 0) is 32.7 Å². The van der Waals surface area contributed by atoms with Crippen molar-refractivity contribution in [2.24, 2.45) is 5.73 Å². The van der Waals surface area contributed by atoms with Crippen molar-refractivity contribution in [3.8, 4) is 0 Å². The van der Waals surface area contributed by atoms with Gasteiger partial charge in [0, 0.05) is 19.1 Å². The Morgan fingerprint density at radius 3 is 2.38 bits per heavy atom. The summed E-state index contributed by atoms with van der Waals surface area (Å²) < 4.78 is 0. The van der Waals surface area contributed by atoms with E-state index in [4.69, 9.17) is 5.73 Å². The number of rotatable bonds is 5. The number of nitrogens with one attached hydrogen (secondary N) is 1. The molecule has 0 spiro atoms. The molecule has 0 aromatic heterocycles. The molecule has 1 fully saturated rings. The summed E-state index contributed by atoms with van der Waals surface area (Å²) in [4.78, 5) is 14.0. The van der Waals surface area contributed by atoms with E-state index >= 15 is 0 Å². The molecular formula is C12H25N3O. The Morgan fingerprint density at radius 2 is 2.00 bits per heavy atom. The Bertz CT molecular complexity index is 234. The van der Waals surface area contributed by atoms with E-state index in [0.29, 0.717) is 6.04 Å². The van der Waals surface area contributed by atoms with Crippen LogP contribution in [-0.4, -0.2) is 42.0 Å². The first-order valence-electron chi connectivity index (χ1n) is 6.34. The van der Waals surface area contributed by atoms with Crippen LogP contribution in [0.15, 0.2) is 0 Å². The highest BCUT2D eigenvalue weighted by Gasteiger charge is 2.39. The van der Waals surface area contributed by atoms with Gasteiger partial charge in [0.15, 0.2) is 0 Å². The molecule has 1 amide bonds. The number of amides is 1. The fourth-order valence-corrected chi connectivity index (χ4v) is 2.29. The van der Waals surface area contributed by atoms with E-state index < -0.39 is 5.54 Å². The average Bonchev–Trinajstić information content (AvgIpc) is 2.29. The van der Waals surface area contributed by atoms with Crippen molar-refractivity contribution in [3.63, 3.8) is 0 Å². The quantitative estimate of drug-likeness (QED) is 0.727. The summed E-state index contributed by atoms with van der Waals surface area (Å²) in [6.07, 6.45) is 2.69. The zero-order valence-electron chi connectivity index (χ0n) is 10.8. The molecule has 1 aliphatic rings. The van der Waals surface area contributed by atoms with Gasteiger partial charge < -0.3 is 16.0 Å². The molecular weight excluding hydrogens is 202 g/mol. The maximum Gasteiger partial charge on any atom is 0.237 e. The Morgan fingerprint density at radius 1 is 1.44 bits per heavy atom. The summed E-state index contributed by atoms with van der Waals surface area (Å²) in [5.74, 6) is -0.191. The zero-order chi connectivity index (χ0) is 12.2. The summed E-state index contributed by atoms with van der Waals surface area (Å²) in [6.45, 7) is 9.35. The van der Waals surface area contributed by atoms with Crippen LogP contribution in [0.4, 0.5) is 0 Å². The van der Waals surface area contributed by atoms with Crippen LogP contribution < -0.4 is 11.1 Å². The molecule has 0 radical (unpaired) electrons. The van der Waals surface area contributed by atoms with Gasteiger partial charge in [0.2, 0.25) is 5.91 Å². The van der Waals surface area contributed by atoms with Gasteiger partial charge in [-0.15, -0.1) is 0 Å². The number of likely N-dealkylation sites (tertiary alicyclic amines) is 1. The van der Waals surface area contributed by atoms with Crippen LogP contribution >= 0.6 is 0 Å². The molecule has 1 unspecified atom stereocenters. The second kappa shape index (κ2) is 5.64. The minimum Gasteiger partial charge on any atom is -0.368 e. The van der Waals surface area contributed by atoms with Crippen molar-refractivity contribution < 1.29 is 4.79 Å². The maximum absolute atomic E-state index is 11.7. The van der Waals surface area contributed by atoms with Crippen LogP contribution in [0.5, 0.6) is 0 Å². The third-order valence-corrected chi connectivity index (χ3v) is 3.76. The Hall–Kier alpha value is -0.610. The molecule has 4 nitrogen and oxygen atoms in total. The van der Waals surface area contributed by atoms with E-state index in [1.807, 2.05) is 0 Å². The van der Waals surface area contributed by atoms with E-state index in [0.717, 1.165) is 38.9 Å². The Kier molecular flexibility index (Phi) is 4.74. The summed E-state index contributed by atoms with van der Waals surface area (Å²) in [5, 5.41) is 3.42. The second-order valence-electron chi connectivity index (χ2n) is 4.83. The lowest BCUT2D eigenvalue weighted by Crippen LogP contribution is -2.62. The number of carbonyl (C=O) groups is 1. The lowest BCUT2D eigenvalue weighted by Gasteiger charge is -2.41. The Labute approximate surface area is 98.6 Å². The first-order valence-corrected chi connectivity index (χ1v) is 6.34. The van der Waals surface area contributed by atoms with Gasteiger partial charge in [0.25, 0.3) is 0 Å². The van der Waals surface area contributed by atoms with Crippen LogP contribution in [0.3, 0.4) is 0 Å². The van der Waals surface area contributed by atoms with E-state index in [9.17, 15) is 4.79 Å². The largest absolute Gasteiger partial charge is 0.368 e. The summed E-state index contributed by atoms with van der Waals surface area (Å²) in [5.41, 5.74) is 5.10. The van der Waals surface area contributed by atoms with Gasteiger partial charge in [-0.1, -0.05) is 13.8 Å². The smallest absolute Gasteiger partial charge is 0.237 e. The highest BCUT2D eigenvalue weighted by molar-refractivity contribution is 5.84. The zero-order valence-corrected chi connectivity index (χ0v) is 10.8. The summed E-state index contributed by atoms with van der Waals surface area (Å²) in [7, 11) is 0. The highest BCUT2D eigenvalue weighted by atomic mass is 16.1. The van der Waals surface area contributed by atoms with Gasteiger partial charge in [-0.2, -0.15) is 0 Å². The van der Waals surface area contributed by atoms with Crippen molar-refractivity contribution in [2.45, 2.75) is 51.6 Å². The standard InChI is InChI=1S/C12H25N3O/c1-4-10(3)14-12(11(13)16)6-8-15(5-2)9-7-12/h10,14H,4-9H2,1-3H3,(H2,13,16). The highest BCUT2D eigenvalue weighted by Crippen LogP contribution is 2.23. The first-order chi connectivity index (χ1) is 7.54. The molecule has 1 rings (SSSR count). The van der Waals surface area contributed by atoms with Crippen LogP contribution in [-0.2, 0) is 4.79 Å². The average molecular weight is 227 g/mol. The molecule has 4 heteroatoms. The number of nitrogens with two attached hydrogens (primary N) is 1.